The van der Waals surface area contributed by atoms with E-state index in [2.05, 4.69) is 24.3 Å². The Kier molecular flexibility index (Phi) is 6.02. The van der Waals surface area contributed by atoms with E-state index >= 15 is 0 Å². The molecule has 0 radical (unpaired) electrons. The maximum atomic E-state index is 12.8. The van der Waals surface area contributed by atoms with Crippen LogP contribution in [0.1, 0.15) is 36.7 Å². The van der Waals surface area contributed by atoms with Gasteiger partial charge < -0.3 is 15.1 Å². The number of nitrogens with zero attached hydrogens (tertiary/aromatic N) is 4. The van der Waals surface area contributed by atoms with Crippen LogP contribution in [-0.4, -0.2) is 52.2 Å². The predicted molar refractivity (Wildman–Crippen MR) is 108 cm³/mol. The van der Waals surface area contributed by atoms with Gasteiger partial charge in [0.05, 0.1) is 36.9 Å². The number of nitrogens with one attached hydrogen (secondary N) is 1. The Balaban J connectivity index is 1.64. The second-order valence-corrected chi connectivity index (χ2v) is 7.80. The summed E-state index contributed by atoms with van der Waals surface area (Å²) in [6.45, 7) is 6.35. The van der Waals surface area contributed by atoms with Crippen LogP contribution in [0, 0.1) is 5.92 Å². The molecule has 3 amide bonds. The van der Waals surface area contributed by atoms with E-state index in [-0.39, 0.29) is 23.8 Å². The van der Waals surface area contributed by atoms with Gasteiger partial charge in [0.2, 0.25) is 5.91 Å². The molecule has 28 heavy (non-hydrogen) atoms. The van der Waals surface area contributed by atoms with Gasteiger partial charge in [-0.05, 0) is 17.5 Å². The van der Waals surface area contributed by atoms with E-state index in [9.17, 15) is 9.59 Å². The zero-order valence-electron chi connectivity index (χ0n) is 17.1. The fourth-order valence-electron chi connectivity index (χ4n) is 3.65. The number of amides is 3. The minimum Gasteiger partial charge on any atom is -0.350 e. The number of aromatic nitrogens is 2. The minimum absolute atomic E-state index is 0.00457. The topological polar surface area (TPSA) is 70.5 Å². The first-order chi connectivity index (χ1) is 13.4. The molecular formula is C21H29N5O2. The zero-order chi connectivity index (χ0) is 20.3. The number of urea groups is 1. The van der Waals surface area contributed by atoms with Crippen molar-refractivity contribution in [3.8, 4) is 0 Å². The van der Waals surface area contributed by atoms with Gasteiger partial charge in [-0.15, -0.1) is 0 Å². The van der Waals surface area contributed by atoms with Crippen molar-refractivity contribution < 1.29 is 9.59 Å². The third-order valence-electron chi connectivity index (χ3n) is 5.05. The lowest BCUT2D eigenvalue weighted by molar-refractivity contribution is -0.123. The van der Waals surface area contributed by atoms with Gasteiger partial charge in [0, 0.05) is 20.6 Å². The van der Waals surface area contributed by atoms with Crippen LogP contribution in [0.5, 0.6) is 0 Å². The number of rotatable bonds is 5. The highest BCUT2D eigenvalue weighted by molar-refractivity contribution is 5.83. The number of benzene rings is 1. The molecule has 1 aromatic heterocycles. The second kappa shape index (κ2) is 8.46. The molecule has 0 bridgehead atoms. The Morgan fingerprint density at radius 2 is 1.89 bits per heavy atom. The first kappa shape index (κ1) is 19.9. The summed E-state index contributed by atoms with van der Waals surface area (Å²) in [6, 6.07) is 11.8. The smallest absolute Gasteiger partial charge is 0.319 e. The van der Waals surface area contributed by atoms with E-state index < -0.39 is 0 Å². The summed E-state index contributed by atoms with van der Waals surface area (Å²) < 4.78 is 1.93. The third-order valence-corrected chi connectivity index (χ3v) is 5.05. The monoisotopic (exact) mass is 383 g/mol. The van der Waals surface area contributed by atoms with Crippen molar-refractivity contribution in [2.45, 2.75) is 39.4 Å². The summed E-state index contributed by atoms with van der Waals surface area (Å²) in [7, 11) is 3.51. The molecule has 150 valence electrons. The van der Waals surface area contributed by atoms with Gasteiger partial charge in [-0.2, -0.15) is 5.10 Å². The molecule has 1 N–H and O–H groups in total. The molecule has 3 rings (SSSR count). The van der Waals surface area contributed by atoms with Crippen molar-refractivity contribution in [3.05, 3.63) is 53.3 Å². The summed E-state index contributed by atoms with van der Waals surface area (Å²) in [5.74, 6) is 0.0198. The van der Waals surface area contributed by atoms with Crippen molar-refractivity contribution in [1.29, 1.82) is 0 Å². The standard InChI is InChI=1S/C21H29N5O2/c1-15(2)19(16-8-6-5-7-9-16)20(27)22-13-17-12-18-14-25(21(28)24(3)4)10-11-26(18)23-17/h5-9,12,15,19H,10-11,13-14H2,1-4H3,(H,22,27). The molecule has 7 heteroatoms. The Labute approximate surface area is 166 Å². The first-order valence-electron chi connectivity index (χ1n) is 9.71. The van der Waals surface area contributed by atoms with Gasteiger partial charge in [-0.3, -0.25) is 9.48 Å². The first-order valence-corrected chi connectivity index (χ1v) is 9.71. The Morgan fingerprint density at radius 1 is 1.18 bits per heavy atom. The maximum Gasteiger partial charge on any atom is 0.319 e. The molecule has 0 aliphatic carbocycles. The van der Waals surface area contributed by atoms with E-state index in [4.69, 9.17) is 0 Å². The van der Waals surface area contributed by atoms with Gasteiger partial charge >= 0.3 is 6.03 Å². The molecule has 7 nitrogen and oxygen atoms in total. The fraction of sp³-hybridized carbons (Fsp3) is 0.476. The molecular weight excluding hydrogens is 354 g/mol. The molecule has 2 heterocycles. The summed E-state index contributed by atoms with van der Waals surface area (Å²) in [4.78, 5) is 28.4. The van der Waals surface area contributed by atoms with Gasteiger partial charge in [0.25, 0.3) is 0 Å². The molecule has 1 unspecified atom stereocenters. The van der Waals surface area contributed by atoms with E-state index in [1.54, 1.807) is 19.0 Å². The zero-order valence-corrected chi connectivity index (χ0v) is 17.1. The van der Waals surface area contributed by atoms with E-state index in [0.717, 1.165) is 17.0 Å². The number of fused-ring (bicyclic) bond motifs is 1. The molecule has 1 aliphatic rings. The largest absolute Gasteiger partial charge is 0.350 e. The van der Waals surface area contributed by atoms with Crippen LogP contribution in [0.2, 0.25) is 0 Å². The summed E-state index contributed by atoms with van der Waals surface area (Å²) >= 11 is 0. The Morgan fingerprint density at radius 3 is 2.54 bits per heavy atom. The van der Waals surface area contributed by atoms with E-state index in [1.165, 1.54) is 0 Å². The summed E-state index contributed by atoms with van der Waals surface area (Å²) in [5.41, 5.74) is 2.84. The van der Waals surface area contributed by atoms with E-state index in [1.807, 2.05) is 46.0 Å². The van der Waals surface area contributed by atoms with Crippen LogP contribution in [0.4, 0.5) is 4.79 Å². The Hall–Kier alpha value is -2.83. The van der Waals surface area contributed by atoms with Crippen LogP contribution in [0.15, 0.2) is 36.4 Å². The van der Waals surface area contributed by atoms with E-state index in [0.29, 0.717) is 26.2 Å². The molecule has 0 fully saturated rings. The summed E-state index contributed by atoms with van der Waals surface area (Å²) in [6.07, 6.45) is 0. The lowest BCUT2D eigenvalue weighted by Crippen LogP contribution is -2.43. The molecule has 0 saturated heterocycles. The number of carbonyl (C=O) groups is 2. The fourth-order valence-corrected chi connectivity index (χ4v) is 3.65. The van der Waals surface area contributed by atoms with Crippen molar-refractivity contribution in [2.75, 3.05) is 20.6 Å². The Bertz CT molecular complexity index is 829. The quantitative estimate of drug-likeness (QED) is 0.862. The average Bonchev–Trinajstić information content (AvgIpc) is 3.08. The van der Waals surface area contributed by atoms with Crippen molar-refractivity contribution in [2.24, 2.45) is 5.92 Å². The van der Waals surface area contributed by atoms with Gasteiger partial charge in [-0.1, -0.05) is 44.2 Å². The number of hydrogen-bond acceptors (Lipinski definition) is 3. The highest BCUT2D eigenvalue weighted by atomic mass is 16.2. The van der Waals surface area contributed by atoms with Crippen molar-refractivity contribution >= 4 is 11.9 Å². The van der Waals surface area contributed by atoms with Crippen LogP contribution in [-0.2, 0) is 24.4 Å². The molecule has 0 saturated carbocycles. The lowest BCUT2D eigenvalue weighted by atomic mass is 9.87. The van der Waals surface area contributed by atoms with Crippen molar-refractivity contribution in [3.63, 3.8) is 0 Å². The highest BCUT2D eigenvalue weighted by Crippen LogP contribution is 2.24. The van der Waals surface area contributed by atoms with Gasteiger partial charge in [-0.25, -0.2) is 4.79 Å². The van der Waals surface area contributed by atoms with Crippen LogP contribution < -0.4 is 5.32 Å². The van der Waals surface area contributed by atoms with Crippen LogP contribution in [0.25, 0.3) is 0 Å². The van der Waals surface area contributed by atoms with Gasteiger partial charge in [0.1, 0.15) is 0 Å². The summed E-state index contributed by atoms with van der Waals surface area (Å²) in [5, 5.41) is 7.63. The number of hydrogen-bond donors (Lipinski definition) is 1. The molecule has 1 atom stereocenters. The normalized spacial score (nSPS) is 14.5. The molecule has 1 aliphatic heterocycles. The lowest BCUT2D eigenvalue weighted by Gasteiger charge is -2.29. The molecule has 1 aromatic carbocycles. The van der Waals surface area contributed by atoms with Crippen LogP contribution in [0.3, 0.4) is 0 Å². The number of carbonyl (C=O) groups excluding carboxylic acids is 2. The van der Waals surface area contributed by atoms with Crippen LogP contribution >= 0.6 is 0 Å². The maximum absolute atomic E-state index is 12.8. The minimum atomic E-state index is -0.188. The average molecular weight is 383 g/mol. The predicted octanol–water partition coefficient (Wildman–Crippen LogP) is 2.44. The highest BCUT2D eigenvalue weighted by Gasteiger charge is 2.25. The second-order valence-electron chi connectivity index (χ2n) is 7.80. The molecule has 0 spiro atoms. The van der Waals surface area contributed by atoms with Gasteiger partial charge in [0.15, 0.2) is 0 Å². The van der Waals surface area contributed by atoms with Crippen molar-refractivity contribution in [1.82, 2.24) is 24.9 Å². The SMILES string of the molecule is CC(C)C(C(=O)NCc1cc2n(n1)CCN(C(=O)N(C)C)C2)c1ccccc1. The molecule has 2 aromatic rings. The third kappa shape index (κ3) is 4.35.